The second kappa shape index (κ2) is 7.18. The monoisotopic (exact) mass is 360 g/mol. The van der Waals surface area contributed by atoms with Crippen LogP contribution in [0.4, 0.5) is 0 Å². The van der Waals surface area contributed by atoms with Gasteiger partial charge < -0.3 is 10.6 Å². The molecule has 2 aromatic rings. The molecule has 2 N–H and O–H groups in total. The standard InChI is InChI=1S/C19H20N2OS.ClH/c20-16-12-21(11-15(16)13-6-2-1-3-7-13)19(22)18-10-14-8-4-5-9-17(14)23-18;/h1-9,15-16,18H,10-12,20H2;1H/t15-,16+,18?;/m0./s1. The van der Waals surface area contributed by atoms with Gasteiger partial charge in [-0.25, -0.2) is 0 Å². The van der Waals surface area contributed by atoms with E-state index in [1.807, 2.05) is 35.2 Å². The number of likely N-dealkylation sites (tertiary alicyclic amines) is 1. The lowest BCUT2D eigenvalue weighted by molar-refractivity contribution is -0.129. The highest BCUT2D eigenvalue weighted by atomic mass is 35.5. The largest absolute Gasteiger partial charge is 0.339 e. The van der Waals surface area contributed by atoms with Crippen molar-refractivity contribution in [3.63, 3.8) is 0 Å². The number of benzene rings is 2. The molecule has 2 aromatic carbocycles. The molecule has 0 bridgehead atoms. The van der Waals surface area contributed by atoms with Gasteiger partial charge in [0, 0.05) is 29.9 Å². The maximum Gasteiger partial charge on any atom is 0.236 e. The number of hydrogen-bond acceptors (Lipinski definition) is 3. The van der Waals surface area contributed by atoms with Crippen LogP contribution in [0.5, 0.6) is 0 Å². The summed E-state index contributed by atoms with van der Waals surface area (Å²) in [7, 11) is 0. The summed E-state index contributed by atoms with van der Waals surface area (Å²) in [5.41, 5.74) is 8.85. The third kappa shape index (κ3) is 3.18. The van der Waals surface area contributed by atoms with E-state index in [1.165, 1.54) is 16.0 Å². The number of thioether (sulfide) groups is 1. The van der Waals surface area contributed by atoms with Crippen LogP contribution in [0.15, 0.2) is 59.5 Å². The Morgan fingerprint density at radius 2 is 1.75 bits per heavy atom. The van der Waals surface area contributed by atoms with Gasteiger partial charge >= 0.3 is 0 Å². The molecule has 1 saturated heterocycles. The Hall–Kier alpha value is -1.49. The van der Waals surface area contributed by atoms with Crippen LogP contribution in [0, 0.1) is 0 Å². The summed E-state index contributed by atoms with van der Waals surface area (Å²) >= 11 is 1.70. The minimum absolute atomic E-state index is 0. The van der Waals surface area contributed by atoms with Gasteiger partial charge in [0.25, 0.3) is 0 Å². The Bertz CT molecular complexity index is 699. The van der Waals surface area contributed by atoms with Crippen LogP contribution in [-0.2, 0) is 11.2 Å². The van der Waals surface area contributed by atoms with Crippen LogP contribution in [-0.4, -0.2) is 35.2 Å². The highest BCUT2D eigenvalue weighted by molar-refractivity contribution is 8.01. The molecular weight excluding hydrogens is 340 g/mol. The van der Waals surface area contributed by atoms with Gasteiger partial charge in [0.2, 0.25) is 5.91 Å². The average Bonchev–Trinajstić information content (AvgIpc) is 3.18. The molecule has 5 heteroatoms. The number of nitrogens with two attached hydrogens (primary N) is 1. The molecular formula is C19H21ClN2OS. The van der Waals surface area contributed by atoms with Gasteiger partial charge in [-0.2, -0.15) is 0 Å². The zero-order chi connectivity index (χ0) is 15.8. The Labute approximate surface area is 153 Å². The van der Waals surface area contributed by atoms with E-state index >= 15 is 0 Å². The summed E-state index contributed by atoms with van der Waals surface area (Å²) < 4.78 is 0. The highest BCUT2D eigenvalue weighted by Crippen LogP contribution is 2.38. The number of carbonyl (C=O) groups is 1. The predicted octanol–water partition coefficient (Wildman–Crippen LogP) is 3.08. The number of halogens is 1. The van der Waals surface area contributed by atoms with Crippen molar-refractivity contribution in [2.75, 3.05) is 13.1 Å². The van der Waals surface area contributed by atoms with E-state index in [0.717, 1.165) is 13.0 Å². The van der Waals surface area contributed by atoms with Gasteiger partial charge in [0.1, 0.15) is 0 Å². The molecule has 3 nitrogen and oxygen atoms in total. The Kier molecular flexibility index (Phi) is 5.18. The fraction of sp³-hybridized carbons (Fsp3) is 0.316. The summed E-state index contributed by atoms with van der Waals surface area (Å²) in [5.74, 6) is 0.481. The fourth-order valence-corrected chi connectivity index (χ4v) is 4.86. The highest BCUT2D eigenvalue weighted by Gasteiger charge is 2.38. The first-order valence-electron chi connectivity index (χ1n) is 8.06. The molecule has 2 aliphatic heterocycles. The van der Waals surface area contributed by atoms with E-state index in [0.29, 0.717) is 6.54 Å². The van der Waals surface area contributed by atoms with Gasteiger partial charge in [-0.05, 0) is 23.6 Å². The van der Waals surface area contributed by atoms with E-state index in [4.69, 9.17) is 5.73 Å². The first-order chi connectivity index (χ1) is 11.2. The topological polar surface area (TPSA) is 46.3 Å². The summed E-state index contributed by atoms with van der Waals surface area (Å²) in [4.78, 5) is 16.1. The second-order valence-corrected chi connectivity index (χ2v) is 7.59. The van der Waals surface area contributed by atoms with Crippen molar-refractivity contribution in [1.29, 1.82) is 0 Å². The van der Waals surface area contributed by atoms with E-state index in [2.05, 4.69) is 24.3 Å². The zero-order valence-electron chi connectivity index (χ0n) is 13.3. The number of hydrogen-bond donors (Lipinski definition) is 1. The van der Waals surface area contributed by atoms with Gasteiger partial charge in [-0.1, -0.05) is 48.5 Å². The molecule has 1 amide bonds. The third-order valence-electron chi connectivity index (χ3n) is 4.83. The van der Waals surface area contributed by atoms with Crippen LogP contribution in [0.25, 0.3) is 0 Å². The van der Waals surface area contributed by atoms with Crippen molar-refractivity contribution >= 4 is 30.1 Å². The van der Waals surface area contributed by atoms with Crippen LogP contribution in [0.3, 0.4) is 0 Å². The zero-order valence-corrected chi connectivity index (χ0v) is 14.9. The van der Waals surface area contributed by atoms with E-state index < -0.39 is 0 Å². The fourth-order valence-electron chi connectivity index (χ4n) is 3.59. The molecule has 1 unspecified atom stereocenters. The summed E-state index contributed by atoms with van der Waals surface area (Å²) in [5, 5.41) is 0.00845. The summed E-state index contributed by atoms with van der Waals surface area (Å²) in [6.07, 6.45) is 0.835. The molecule has 0 aromatic heterocycles. The third-order valence-corrected chi connectivity index (χ3v) is 6.13. The lowest BCUT2D eigenvalue weighted by atomic mass is 9.95. The maximum absolute atomic E-state index is 12.9. The first kappa shape index (κ1) is 17.3. The van der Waals surface area contributed by atoms with Gasteiger partial charge in [0.15, 0.2) is 0 Å². The summed E-state index contributed by atoms with van der Waals surface area (Å²) in [6, 6.07) is 18.6. The molecule has 1 fully saturated rings. The number of nitrogens with zero attached hydrogens (tertiary/aromatic N) is 1. The van der Waals surface area contributed by atoms with Crippen molar-refractivity contribution in [3.05, 3.63) is 65.7 Å². The van der Waals surface area contributed by atoms with Crippen molar-refractivity contribution in [2.24, 2.45) is 5.73 Å². The van der Waals surface area contributed by atoms with Crippen molar-refractivity contribution in [2.45, 2.75) is 28.5 Å². The number of amides is 1. The number of carbonyl (C=O) groups excluding carboxylic acids is 1. The van der Waals surface area contributed by atoms with Crippen molar-refractivity contribution in [1.82, 2.24) is 4.90 Å². The van der Waals surface area contributed by atoms with Crippen molar-refractivity contribution in [3.8, 4) is 0 Å². The van der Waals surface area contributed by atoms with Gasteiger partial charge in [-0.15, -0.1) is 24.2 Å². The lowest BCUT2D eigenvalue weighted by Crippen LogP contribution is -2.37. The molecule has 24 heavy (non-hydrogen) atoms. The van der Waals surface area contributed by atoms with Gasteiger partial charge in [-0.3, -0.25) is 4.79 Å². The second-order valence-electron chi connectivity index (χ2n) is 6.34. The Morgan fingerprint density at radius 1 is 1.04 bits per heavy atom. The van der Waals surface area contributed by atoms with Gasteiger partial charge in [0.05, 0.1) is 5.25 Å². The summed E-state index contributed by atoms with van der Waals surface area (Å²) in [6.45, 7) is 1.39. The molecule has 2 aliphatic rings. The van der Waals surface area contributed by atoms with Crippen LogP contribution < -0.4 is 5.73 Å². The SMILES string of the molecule is Cl.N[C@@H]1CN(C(=O)C2Cc3ccccc3S2)C[C@H]1c1ccccc1. The minimum Gasteiger partial charge on any atom is -0.339 e. The van der Waals surface area contributed by atoms with Crippen LogP contribution >= 0.6 is 24.2 Å². The van der Waals surface area contributed by atoms with Crippen molar-refractivity contribution < 1.29 is 4.79 Å². The van der Waals surface area contributed by atoms with E-state index in [9.17, 15) is 4.79 Å². The molecule has 4 rings (SSSR count). The average molecular weight is 361 g/mol. The number of rotatable bonds is 2. The molecule has 3 atom stereocenters. The molecule has 2 heterocycles. The lowest BCUT2D eigenvalue weighted by Gasteiger charge is -2.20. The molecule has 126 valence electrons. The number of fused-ring (bicyclic) bond motifs is 1. The smallest absolute Gasteiger partial charge is 0.236 e. The molecule has 0 saturated carbocycles. The normalized spacial score (nSPS) is 25.2. The predicted molar refractivity (Wildman–Crippen MR) is 101 cm³/mol. The van der Waals surface area contributed by atoms with Crippen LogP contribution in [0.2, 0.25) is 0 Å². The minimum atomic E-state index is 0. The first-order valence-corrected chi connectivity index (χ1v) is 8.94. The maximum atomic E-state index is 12.9. The molecule has 0 radical (unpaired) electrons. The van der Waals surface area contributed by atoms with E-state index in [1.54, 1.807) is 11.8 Å². The Balaban J connectivity index is 0.00000169. The van der Waals surface area contributed by atoms with E-state index in [-0.39, 0.29) is 35.5 Å². The molecule has 0 aliphatic carbocycles. The molecule has 0 spiro atoms. The van der Waals surface area contributed by atoms with Crippen LogP contribution in [0.1, 0.15) is 17.0 Å². The Morgan fingerprint density at radius 3 is 2.50 bits per heavy atom. The quantitative estimate of drug-likeness (QED) is 0.895.